The zero-order valence-corrected chi connectivity index (χ0v) is 29.3. The summed E-state index contributed by atoms with van der Waals surface area (Å²) in [5.74, 6) is 0.936. The first-order chi connectivity index (χ1) is 23.6. The quantitative estimate of drug-likeness (QED) is 0.136. The van der Waals surface area contributed by atoms with Crippen LogP contribution in [0.1, 0.15) is 29.7 Å². The molecule has 5 heteroatoms. The molecule has 0 fully saturated rings. The van der Waals surface area contributed by atoms with E-state index in [1.165, 1.54) is 32.8 Å². The average Bonchev–Trinajstić information content (AvgIpc) is 3.10. The molecule has 0 aliphatic heterocycles. The van der Waals surface area contributed by atoms with Gasteiger partial charge in [0.15, 0.2) is 0 Å². The number of hydrogen-bond acceptors (Lipinski definition) is 4. The van der Waals surface area contributed by atoms with Crippen LogP contribution in [0.15, 0.2) is 150 Å². The van der Waals surface area contributed by atoms with Crippen LogP contribution >= 0.6 is 15.9 Å². The molecule has 0 aliphatic rings. The van der Waals surface area contributed by atoms with E-state index in [1.807, 2.05) is 84.9 Å². The summed E-state index contributed by atoms with van der Waals surface area (Å²) < 4.78 is 0.769. The van der Waals surface area contributed by atoms with Gasteiger partial charge in [-0.25, -0.2) is 0 Å². The Balaban J connectivity index is 0.000000149. The van der Waals surface area contributed by atoms with E-state index in [9.17, 15) is 10.2 Å². The van der Waals surface area contributed by atoms with Crippen LogP contribution in [0.2, 0.25) is 0 Å². The molecule has 0 radical (unpaired) electrons. The van der Waals surface area contributed by atoms with Crippen molar-refractivity contribution in [2.45, 2.75) is 34.8 Å². The molecule has 0 unspecified atom stereocenters. The smallest absolute Gasteiger partial charge is 0.130 e. The minimum absolute atomic E-state index is 0. The van der Waals surface area contributed by atoms with Gasteiger partial charge in [-0.3, -0.25) is 0 Å². The van der Waals surface area contributed by atoms with Crippen LogP contribution in [-0.2, 0) is 6.61 Å². The van der Waals surface area contributed by atoms with Crippen molar-refractivity contribution in [2.24, 2.45) is 0 Å². The van der Waals surface area contributed by atoms with Crippen molar-refractivity contribution in [2.75, 3.05) is 0 Å². The summed E-state index contributed by atoms with van der Waals surface area (Å²) >= 11 is 3.36. The summed E-state index contributed by atoms with van der Waals surface area (Å²) in [4.78, 5) is 0. The third-order valence-corrected chi connectivity index (χ3v) is 8.88. The maximum absolute atomic E-state index is 9.44. The first-order valence-corrected chi connectivity index (χ1v) is 16.7. The number of aliphatic hydroxyl groups excluding tert-OH is 1. The van der Waals surface area contributed by atoms with Crippen molar-refractivity contribution in [3.8, 4) is 17.2 Å². The van der Waals surface area contributed by atoms with E-state index in [1.54, 1.807) is 30.3 Å². The maximum atomic E-state index is 9.44. The number of halogens is 1. The lowest BCUT2D eigenvalue weighted by Gasteiger charge is -2.03. The molecule has 0 aromatic heterocycles. The molecule has 0 spiro atoms. The third-order valence-electron chi connectivity index (χ3n) is 8.04. The second kappa shape index (κ2) is 17.3. The lowest BCUT2D eigenvalue weighted by atomic mass is 10.1. The normalized spacial score (nSPS) is 10.3. The zero-order chi connectivity index (χ0) is 34.9. The van der Waals surface area contributed by atoms with Gasteiger partial charge in [0.1, 0.15) is 17.2 Å². The van der Waals surface area contributed by atoms with Gasteiger partial charge >= 0.3 is 0 Å². The summed E-state index contributed by atoms with van der Waals surface area (Å²) in [5.41, 5.74) is 4.71. The fourth-order valence-electron chi connectivity index (χ4n) is 5.44. The molecular weight excluding hydrogens is 684 g/mol. The monoisotopic (exact) mass is 726 g/mol. The van der Waals surface area contributed by atoms with E-state index in [0.29, 0.717) is 11.5 Å². The van der Waals surface area contributed by atoms with Gasteiger partial charge in [-0.15, -0.1) is 0 Å². The number of aryl methyl sites for hydroxylation is 3. The highest BCUT2D eigenvalue weighted by Gasteiger charge is 2.03. The number of rotatable bonds is 1. The molecule has 4 N–H and O–H groups in total. The van der Waals surface area contributed by atoms with E-state index in [2.05, 4.69) is 67.0 Å². The molecule has 0 aliphatic carbocycles. The Morgan fingerprint density at radius 3 is 1.46 bits per heavy atom. The molecule has 254 valence electrons. The van der Waals surface area contributed by atoms with Gasteiger partial charge in [0.05, 0.1) is 11.1 Å². The molecule has 0 bridgehead atoms. The third kappa shape index (κ3) is 9.85. The Labute approximate surface area is 302 Å². The van der Waals surface area contributed by atoms with Gasteiger partial charge in [-0.1, -0.05) is 133 Å². The molecule has 0 saturated carbocycles. The summed E-state index contributed by atoms with van der Waals surface area (Å²) in [6.45, 7) is 6.32. The number of benzene rings is 8. The van der Waals surface area contributed by atoms with E-state index in [4.69, 9.17) is 10.2 Å². The lowest BCUT2D eigenvalue weighted by Crippen LogP contribution is -1.82. The molecule has 0 saturated heterocycles. The Bertz CT molecular complexity index is 2320. The lowest BCUT2D eigenvalue weighted by molar-refractivity contribution is 0.282. The molecule has 0 atom stereocenters. The van der Waals surface area contributed by atoms with Crippen molar-refractivity contribution in [3.63, 3.8) is 0 Å². The summed E-state index contributed by atoms with van der Waals surface area (Å²) in [5, 5.41) is 45.8. The predicted octanol–water partition coefficient (Wildman–Crippen LogP) is 12.3. The number of fused-ring (bicyclic) bond motifs is 4. The number of hydrogen-bond donors (Lipinski definition) is 4. The Kier molecular flexibility index (Phi) is 13.0. The van der Waals surface area contributed by atoms with Crippen LogP contribution in [0.3, 0.4) is 0 Å². The maximum Gasteiger partial charge on any atom is 0.130 e. The summed E-state index contributed by atoms with van der Waals surface area (Å²) in [6, 6.07) is 47.0. The van der Waals surface area contributed by atoms with E-state index < -0.39 is 0 Å². The minimum Gasteiger partial charge on any atom is -0.508 e. The van der Waals surface area contributed by atoms with Gasteiger partial charge in [0, 0.05) is 0 Å². The standard InChI is InChI=1S/C12H12O.C11H9BrO.C11H10O.C10H8O.CH4/c1-9-2-4-12-7-10(8-13)3-5-11(12)6-9;1-7-2-4-9-8(6-7)3-5-10(13)11(9)12;1-8-2-3-10-7-11(12)5-4-9(10)6-8;11-10-6-5-8-3-1-2-4-9(8)7-10;/h2-7,13H,8H2,1H3;2-6,13H,1H3;2-7,12H,1H3;1-7,11H;1H4. The molecule has 4 nitrogen and oxygen atoms in total. The van der Waals surface area contributed by atoms with E-state index in [0.717, 1.165) is 37.0 Å². The summed E-state index contributed by atoms with van der Waals surface area (Å²) in [6.07, 6.45) is 0. The molecule has 8 rings (SSSR count). The largest absolute Gasteiger partial charge is 0.508 e. The Hall–Kier alpha value is -5.36. The van der Waals surface area contributed by atoms with Crippen molar-refractivity contribution in [1.82, 2.24) is 0 Å². The highest BCUT2D eigenvalue weighted by molar-refractivity contribution is 9.10. The number of phenols is 3. The molecular formula is C45H43BrO4. The highest BCUT2D eigenvalue weighted by Crippen LogP contribution is 2.32. The molecule has 0 amide bonds. The van der Waals surface area contributed by atoms with Gasteiger partial charge in [-0.2, -0.15) is 0 Å². The number of aliphatic hydroxyl groups is 1. The first-order valence-electron chi connectivity index (χ1n) is 15.9. The molecule has 8 aromatic rings. The topological polar surface area (TPSA) is 80.9 Å². The van der Waals surface area contributed by atoms with Crippen LogP contribution in [0.4, 0.5) is 0 Å². The fraction of sp³-hybridized carbons (Fsp3) is 0.111. The van der Waals surface area contributed by atoms with Gasteiger partial charge < -0.3 is 20.4 Å². The number of aromatic hydroxyl groups is 3. The van der Waals surface area contributed by atoms with Gasteiger partial charge in [0.2, 0.25) is 0 Å². The number of phenolic OH excluding ortho intramolecular Hbond substituents is 3. The zero-order valence-electron chi connectivity index (χ0n) is 27.7. The van der Waals surface area contributed by atoms with E-state index >= 15 is 0 Å². The molecule has 0 heterocycles. The van der Waals surface area contributed by atoms with Crippen LogP contribution in [0, 0.1) is 20.8 Å². The minimum atomic E-state index is 0. The van der Waals surface area contributed by atoms with Crippen molar-refractivity contribution >= 4 is 59.0 Å². The fourth-order valence-corrected chi connectivity index (χ4v) is 5.94. The summed E-state index contributed by atoms with van der Waals surface area (Å²) in [7, 11) is 0. The van der Waals surface area contributed by atoms with Crippen molar-refractivity contribution < 1.29 is 20.4 Å². The SMILES string of the molecule is C.Cc1ccc2c(Br)c(O)ccc2c1.Cc1ccc2cc(CO)ccc2c1.Cc1ccc2cc(O)ccc2c1.Oc1ccc2ccccc2c1. The van der Waals surface area contributed by atoms with Gasteiger partial charge in [-0.05, 0) is 122 Å². The second-order valence-corrected chi connectivity index (χ2v) is 12.8. The molecule has 8 aromatic carbocycles. The van der Waals surface area contributed by atoms with Gasteiger partial charge in [0.25, 0.3) is 0 Å². The highest BCUT2D eigenvalue weighted by atomic mass is 79.9. The van der Waals surface area contributed by atoms with Crippen molar-refractivity contribution in [3.05, 3.63) is 172 Å². The van der Waals surface area contributed by atoms with Crippen LogP contribution in [0.5, 0.6) is 17.2 Å². The Morgan fingerprint density at radius 1 is 0.440 bits per heavy atom. The Morgan fingerprint density at radius 2 is 0.860 bits per heavy atom. The van der Waals surface area contributed by atoms with Crippen LogP contribution in [-0.4, -0.2) is 20.4 Å². The van der Waals surface area contributed by atoms with Crippen LogP contribution < -0.4 is 0 Å². The average molecular weight is 728 g/mol. The van der Waals surface area contributed by atoms with E-state index in [-0.39, 0.29) is 19.8 Å². The van der Waals surface area contributed by atoms with Crippen LogP contribution in [0.25, 0.3) is 43.1 Å². The molecule has 50 heavy (non-hydrogen) atoms. The first kappa shape index (κ1) is 37.5. The van der Waals surface area contributed by atoms with Crippen molar-refractivity contribution in [1.29, 1.82) is 0 Å². The second-order valence-electron chi connectivity index (χ2n) is 12.0. The predicted molar refractivity (Wildman–Crippen MR) is 215 cm³/mol.